The third-order valence-electron chi connectivity index (χ3n) is 11.5. The van der Waals surface area contributed by atoms with Crippen LogP contribution in [0.4, 0.5) is 17.1 Å². The van der Waals surface area contributed by atoms with Gasteiger partial charge >= 0.3 is 0 Å². The molecule has 0 unspecified atom stereocenters. The molecule has 0 fully saturated rings. The molecule has 0 atom stereocenters. The standard InChI is InChI=1S/C56H37NO/c1-3-13-38(14-4-1)39-23-29-45(30-24-39)57(46-31-25-40(26-32-46)42-28-34-56-53(35-42)51-21-11-12-22-55(51)58-56)54-37-44(27-33-48(54)41-15-5-2-6-16-41)52-36-43-17-7-8-18-47(43)49-19-9-10-20-50(49)52/h1-37H. The van der Waals surface area contributed by atoms with Crippen molar-refractivity contribution in [2.24, 2.45) is 0 Å². The number of hydrogen-bond donors (Lipinski definition) is 0. The topological polar surface area (TPSA) is 16.4 Å². The van der Waals surface area contributed by atoms with Crippen molar-refractivity contribution in [1.29, 1.82) is 0 Å². The van der Waals surface area contributed by atoms with E-state index < -0.39 is 0 Å². The zero-order chi connectivity index (χ0) is 38.4. The van der Waals surface area contributed by atoms with Crippen LogP contribution in [0.5, 0.6) is 0 Å². The Bertz CT molecular complexity index is 3250. The van der Waals surface area contributed by atoms with Crippen LogP contribution >= 0.6 is 0 Å². The Labute approximate surface area is 337 Å². The second-order valence-electron chi connectivity index (χ2n) is 14.9. The quantitative estimate of drug-likeness (QED) is 0.151. The lowest BCUT2D eigenvalue weighted by Crippen LogP contribution is -2.11. The molecule has 272 valence electrons. The Morgan fingerprint density at radius 1 is 0.276 bits per heavy atom. The maximum atomic E-state index is 6.16. The SMILES string of the molecule is c1ccc(-c2ccc(N(c3ccc(-c4ccc5oc6ccccc6c5c4)cc3)c3cc(-c4cc5ccccc5c5ccccc45)ccc3-c3ccccc3)cc2)cc1. The van der Waals surface area contributed by atoms with Crippen LogP contribution in [0.2, 0.25) is 0 Å². The molecule has 1 aromatic heterocycles. The summed E-state index contributed by atoms with van der Waals surface area (Å²) < 4.78 is 6.16. The first-order valence-electron chi connectivity index (χ1n) is 19.8. The zero-order valence-corrected chi connectivity index (χ0v) is 31.7. The van der Waals surface area contributed by atoms with E-state index in [2.05, 4.69) is 217 Å². The Morgan fingerprint density at radius 2 is 0.793 bits per heavy atom. The largest absolute Gasteiger partial charge is 0.456 e. The molecule has 0 saturated carbocycles. The Morgan fingerprint density at radius 3 is 1.52 bits per heavy atom. The Kier molecular flexibility index (Phi) is 8.19. The molecule has 1 heterocycles. The number of hydrogen-bond acceptors (Lipinski definition) is 2. The lowest BCUT2D eigenvalue weighted by Gasteiger charge is -2.29. The van der Waals surface area contributed by atoms with Crippen LogP contribution in [0.25, 0.3) is 88.0 Å². The molecule has 0 bridgehead atoms. The van der Waals surface area contributed by atoms with E-state index in [1.165, 1.54) is 43.8 Å². The molecule has 2 nitrogen and oxygen atoms in total. The molecule has 58 heavy (non-hydrogen) atoms. The van der Waals surface area contributed by atoms with Crippen molar-refractivity contribution in [1.82, 2.24) is 0 Å². The average Bonchev–Trinajstić information content (AvgIpc) is 3.68. The van der Waals surface area contributed by atoms with Crippen molar-refractivity contribution in [2.45, 2.75) is 0 Å². The number of anilines is 3. The van der Waals surface area contributed by atoms with E-state index >= 15 is 0 Å². The lowest BCUT2D eigenvalue weighted by molar-refractivity contribution is 0.669. The van der Waals surface area contributed by atoms with E-state index in [1.54, 1.807) is 0 Å². The highest BCUT2D eigenvalue weighted by Gasteiger charge is 2.20. The van der Waals surface area contributed by atoms with Gasteiger partial charge in [-0.1, -0.05) is 170 Å². The van der Waals surface area contributed by atoms with E-state index in [9.17, 15) is 0 Å². The van der Waals surface area contributed by atoms with Gasteiger partial charge in [0.25, 0.3) is 0 Å². The maximum absolute atomic E-state index is 6.16. The minimum absolute atomic E-state index is 0.902. The summed E-state index contributed by atoms with van der Waals surface area (Å²) in [4.78, 5) is 2.42. The first-order valence-corrected chi connectivity index (χ1v) is 19.8. The van der Waals surface area contributed by atoms with Crippen LogP contribution in [-0.4, -0.2) is 0 Å². The summed E-state index contributed by atoms with van der Waals surface area (Å²) in [5.41, 5.74) is 14.4. The summed E-state index contributed by atoms with van der Waals surface area (Å²) in [5, 5.41) is 7.26. The van der Waals surface area contributed by atoms with Gasteiger partial charge in [0.2, 0.25) is 0 Å². The minimum atomic E-state index is 0.902. The molecule has 0 saturated heterocycles. The molecule has 0 aliphatic rings. The highest BCUT2D eigenvalue weighted by atomic mass is 16.3. The number of fused-ring (bicyclic) bond motifs is 6. The van der Waals surface area contributed by atoms with E-state index in [1.807, 2.05) is 12.1 Å². The number of furan rings is 1. The van der Waals surface area contributed by atoms with E-state index in [4.69, 9.17) is 4.42 Å². The fourth-order valence-electron chi connectivity index (χ4n) is 8.61. The lowest BCUT2D eigenvalue weighted by atomic mass is 9.91. The van der Waals surface area contributed by atoms with Crippen molar-refractivity contribution in [3.05, 3.63) is 224 Å². The van der Waals surface area contributed by atoms with Gasteiger partial charge in [0, 0.05) is 27.7 Å². The van der Waals surface area contributed by atoms with Crippen LogP contribution in [0.1, 0.15) is 0 Å². The van der Waals surface area contributed by atoms with Gasteiger partial charge in [0.05, 0.1) is 5.69 Å². The van der Waals surface area contributed by atoms with E-state index in [0.29, 0.717) is 0 Å². The Hall–Kier alpha value is -7.68. The molecule has 0 radical (unpaired) electrons. The van der Waals surface area contributed by atoms with Gasteiger partial charge in [-0.05, 0) is 115 Å². The van der Waals surface area contributed by atoms with E-state index in [0.717, 1.165) is 61.3 Å². The second kappa shape index (κ2) is 14.1. The minimum Gasteiger partial charge on any atom is -0.456 e. The Balaban J connectivity index is 1.10. The number of benzene rings is 10. The summed E-state index contributed by atoms with van der Waals surface area (Å²) in [5.74, 6) is 0. The average molecular weight is 740 g/mol. The van der Waals surface area contributed by atoms with Gasteiger partial charge in [-0.25, -0.2) is 0 Å². The molecule has 0 spiro atoms. The van der Waals surface area contributed by atoms with Crippen LogP contribution in [0.15, 0.2) is 229 Å². The first-order chi connectivity index (χ1) is 28.7. The van der Waals surface area contributed by atoms with Gasteiger partial charge in [0.15, 0.2) is 0 Å². The van der Waals surface area contributed by atoms with Gasteiger partial charge in [-0.15, -0.1) is 0 Å². The third kappa shape index (κ3) is 5.91. The molecular weight excluding hydrogens is 703 g/mol. The molecular formula is C56H37NO. The molecule has 10 aromatic carbocycles. The fraction of sp³-hybridized carbons (Fsp3) is 0. The summed E-state index contributed by atoms with van der Waals surface area (Å²) in [6.07, 6.45) is 0. The molecule has 0 aliphatic heterocycles. The highest BCUT2D eigenvalue weighted by Crippen LogP contribution is 2.45. The van der Waals surface area contributed by atoms with Crippen molar-refractivity contribution < 1.29 is 4.42 Å². The molecule has 11 aromatic rings. The zero-order valence-electron chi connectivity index (χ0n) is 31.7. The molecule has 0 amide bonds. The van der Waals surface area contributed by atoms with Gasteiger partial charge in [-0.3, -0.25) is 0 Å². The van der Waals surface area contributed by atoms with Crippen LogP contribution in [-0.2, 0) is 0 Å². The predicted molar refractivity (Wildman–Crippen MR) is 245 cm³/mol. The second-order valence-corrected chi connectivity index (χ2v) is 14.9. The maximum Gasteiger partial charge on any atom is 0.135 e. The molecule has 2 heteroatoms. The normalized spacial score (nSPS) is 11.4. The third-order valence-corrected chi connectivity index (χ3v) is 11.5. The monoisotopic (exact) mass is 739 g/mol. The van der Waals surface area contributed by atoms with Crippen LogP contribution in [0.3, 0.4) is 0 Å². The van der Waals surface area contributed by atoms with Crippen LogP contribution < -0.4 is 4.90 Å². The van der Waals surface area contributed by atoms with Gasteiger partial charge in [-0.2, -0.15) is 0 Å². The number of rotatable bonds is 7. The van der Waals surface area contributed by atoms with Crippen molar-refractivity contribution in [2.75, 3.05) is 4.90 Å². The molecule has 11 rings (SSSR count). The van der Waals surface area contributed by atoms with E-state index in [-0.39, 0.29) is 0 Å². The van der Waals surface area contributed by atoms with Crippen LogP contribution in [0, 0.1) is 0 Å². The summed E-state index contributed by atoms with van der Waals surface area (Å²) in [7, 11) is 0. The number of para-hydroxylation sites is 1. The molecule has 0 N–H and O–H groups in total. The summed E-state index contributed by atoms with van der Waals surface area (Å²) in [6, 6.07) is 80.9. The smallest absolute Gasteiger partial charge is 0.135 e. The first kappa shape index (κ1) is 33.6. The summed E-state index contributed by atoms with van der Waals surface area (Å²) >= 11 is 0. The number of nitrogens with zero attached hydrogens (tertiary/aromatic N) is 1. The fourth-order valence-corrected chi connectivity index (χ4v) is 8.61. The van der Waals surface area contributed by atoms with Crippen molar-refractivity contribution in [3.8, 4) is 44.5 Å². The highest BCUT2D eigenvalue weighted by molar-refractivity contribution is 6.14. The van der Waals surface area contributed by atoms with Crippen molar-refractivity contribution in [3.63, 3.8) is 0 Å². The van der Waals surface area contributed by atoms with Crippen molar-refractivity contribution >= 4 is 60.5 Å². The van der Waals surface area contributed by atoms with Gasteiger partial charge in [0.1, 0.15) is 11.2 Å². The molecule has 0 aliphatic carbocycles. The summed E-state index contributed by atoms with van der Waals surface area (Å²) in [6.45, 7) is 0. The predicted octanol–water partition coefficient (Wildman–Crippen LogP) is 16.0. The van der Waals surface area contributed by atoms with Gasteiger partial charge < -0.3 is 9.32 Å².